The first-order valence-corrected chi connectivity index (χ1v) is 12.3. The molecule has 9 nitrogen and oxygen atoms in total. The van der Waals surface area contributed by atoms with E-state index in [1.165, 1.54) is 0 Å². The smallest absolute Gasteiger partial charge is 0.338 e. The second kappa shape index (κ2) is 10.6. The van der Waals surface area contributed by atoms with Crippen molar-refractivity contribution >= 4 is 17.8 Å². The number of amides is 1. The van der Waals surface area contributed by atoms with Crippen molar-refractivity contribution in [2.24, 2.45) is 5.73 Å². The minimum Gasteiger partial charge on any atom is -0.478 e. The van der Waals surface area contributed by atoms with Gasteiger partial charge in [0.05, 0.1) is 22.9 Å². The number of aryl methyl sites for hydroxylation is 1. The fraction of sp³-hybridized carbons (Fsp3) is 0.357. The number of imidazole rings is 1. The van der Waals surface area contributed by atoms with Gasteiger partial charge in [0.1, 0.15) is 11.4 Å². The fourth-order valence-electron chi connectivity index (χ4n) is 4.49. The molecule has 4 N–H and O–H groups in total. The van der Waals surface area contributed by atoms with Gasteiger partial charge in [0.25, 0.3) is 5.91 Å². The molecule has 9 heteroatoms. The number of aromatic nitrogens is 2. The maximum atomic E-state index is 13.0. The molecule has 0 spiro atoms. The van der Waals surface area contributed by atoms with Gasteiger partial charge in [-0.05, 0) is 70.0 Å². The lowest BCUT2D eigenvalue weighted by Crippen LogP contribution is -2.45. The van der Waals surface area contributed by atoms with E-state index in [-0.39, 0.29) is 30.0 Å². The number of hydrogen-bond donors (Lipinski definition) is 3. The lowest BCUT2D eigenvalue weighted by molar-refractivity contribution is 0.00691. The van der Waals surface area contributed by atoms with Crippen LogP contribution in [0.25, 0.3) is 11.3 Å². The Labute approximate surface area is 215 Å². The molecule has 0 bridgehead atoms. The van der Waals surface area contributed by atoms with Crippen LogP contribution < -0.4 is 11.1 Å². The van der Waals surface area contributed by atoms with Crippen molar-refractivity contribution in [2.45, 2.75) is 57.7 Å². The zero-order valence-electron chi connectivity index (χ0n) is 21.2. The van der Waals surface area contributed by atoms with Crippen molar-refractivity contribution in [3.8, 4) is 11.3 Å². The van der Waals surface area contributed by atoms with Crippen LogP contribution in [0.5, 0.6) is 0 Å². The molecule has 2 aromatic carbocycles. The predicted octanol–water partition coefficient (Wildman–Crippen LogP) is 3.84. The van der Waals surface area contributed by atoms with E-state index in [4.69, 9.17) is 20.6 Å². The molecule has 0 fully saturated rings. The first kappa shape index (κ1) is 26.1. The number of nitrogens with one attached hydrogen (secondary N) is 1. The number of ether oxygens (including phenoxy) is 1. The Kier molecular flexibility index (Phi) is 7.45. The lowest BCUT2D eigenvalue weighted by Gasteiger charge is -2.30. The monoisotopic (exact) mass is 504 g/mol. The average Bonchev–Trinajstić information content (AvgIpc) is 3.31. The van der Waals surface area contributed by atoms with E-state index in [9.17, 15) is 14.4 Å². The maximum Gasteiger partial charge on any atom is 0.338 e. The number of hydrogen-bond acceptors (Lipinski definition) is 6. The zero-order chi connectivity index (χ0) is 26.7. The highest BCUT2D eigenvalue weighted by atomic mass is 16.6. The molecule has 2 heterocycles. The number of nitrogens with zero attached hydrogens (tertiary/aromatic N) is 2. The number of carbonyl (C=O) groups is 3. The van der Waals surface area contributed by atoms with Gasteiger partial charge in [0, 0.05) is 36.3 Å². The second-order valence-corrected chi connectivity index (χ2v) is 10.2. The molecule has 0 saturated carbocycles. The third kappa shape index (κ3) is 6.06. The summed E-state index contributed by atoms with van der Waals surface area (Å²) < 4.78 is 7.46. The summed E-state index contributed by atoms with van der Waals surface area (Å²) >= 11 is 0. The molecule has 2 unspecified atom stereocenters. The van der Waals surface area contributed by atoms with Crippen LogP contribution in [0.3, 0.4) is 0 Å². The molecular weight excluding hydrogens is 472 g/mol. The van der Waals surface area contributed by atoms with Crippen LogP contribution in [0.4, 0.5) is 0 Å². The van der Waals surface area contributed by atoms with Crippen LogP contribution in [0.1, 0.15) is 76.4 Å². The van der Waals surface area contributed by atoms with Gasteiger partial charge in [0.15, 0.2) is 0 Å². The summed E-state index contributed by atoms with van der Waals surface area (Å²) in [5.74, 6) is -0.923. The number of fused-ring (bicyclic) bond motifs is 1. The van der Waals surface area contributed by atoms with Gasteiger partial charge < -0.3 is 25.5 Å². The first-order valence-electron chi connectivity index (χ1n) is 12.3. The average molecular weight is 505 g/mol. The number of carboxylic acids is 1. The van der Waals surface area contributed by atoms with Crippen molar-refractivity contribution in [1.29, 1.82) is 0 Å². The summed E-state index contributed by atoms with van der Waals surface area (Å²) in [5.41, 5.74) is 8.09. The van der Waals surface area contributed by atoms with E-state index in [0.29, 0.717) is 11.1 Å². The standard InChI is InChI=1S/C28H32N4O5/c1-28(2,3)37-27(36)20-12-8-18(9-13-20)25(33)31-22(15-29)21-5-4-14-32-16-23(30-24(21)32)17-6-10-19(11-7-17)26(34)35/h6-13,16,21-22H,4-5,14-15,29H2,1-3H3,(H,31,33)(H,34,35). The molecule has 1 aromatic heterocycles. The Morgan fingerprint density at radius 2 is 1.70 bits per heavy atom. The summed E-state index contributed by atoms with van der Waals surface area (Å²) in [7, 11) is 0. The van der Waals surface area contributed by atoms with Crippen molar-refractivity contribution < 1.29 is 24.2 Å². The van der Waals surface area contributed by atoms with E-state index in [1.54, 1.807) is 69.3 Å². The molecule has 3 aromatic rings. The summed E-state index contributed by atoms with van der Waals surface area (Å²) in [5, 5.41) is 12.2. The molecule has 4 rings (SSSR count). The van der Waals surface area contributed by atoms with Gasteiger partial charge in [-0.25, -0.2) is 14.6 Å². The van der Waals surface area contributed by atoms with Crippen LogP contribution in [-0.4, -0.2) is 50.7 Å². The highest BCUT2D eigenvalue weighted by molar-refractivity contribution is 5.96. The number of benzene rings is 2. The summed E-state index contributed by atoms with van der Waals surface area (Å²) in [6, 6.07) is 12.6. The molecule has 1 aliphatic heterocycles. The van der Waals surface area contributed by atoms with Crippen LogP contribution >= 0.6 is 0 Å². The number of carboxylic acid groups (broad SMARTS) is 1. The van der Waals surface area contributed by atoms with Gasteiger partial charge in [-0.2, -0.15) is 0 Å². The number of esters is 1. The minimum atomic E-state index is -0.975. The number of rotatable bonds is 7. The van der Waals surface area contributed by atoms with Gasteiger partial charge in [-0.1, -0.05) is 12.1 Å². The summed E-state index contributed by atoms with van der Waals surface area (Å²) in [6.45, 7) is 6.45. The fourth-order valence-corrected chi connectivity index (χ4v) is 4.49. The largest absolute Gasteiger partial charge is 0.478 e. The molecule has 0 radical (unpaired) electrons. The Morgan fingerprint density at radius 1 is 1.08 bits per heavy atom. The molecule has 0 aliphatic carbocycles. The molecular formula is C28H32N4O5. The highest BCUT2D eigenvalue weighted by Crippen LogP contribution is 2.32. The quantitative estimate of drug-likeness (QED) is 0.416. The summed E-state index contributed by atoms with van der Waals surface area (Å²) in [6.07, 6.45) is 3.71. The number of nitrogens with two attached hydrogens (primary N) is 1. The molecule has 2 atom stereocenters. The van der Waals surface area contributed by atoms with Crippen molar-refractivity contribution in [3.63, 3.8) is 0 Å². The summed E-state index contributed by atoms with van der Waals surface area (Å²) in [4.78, 5) is 41.3. The highest BCUT2D eigenvalue weighted by Gasteiger charge is 2.31. The van der Waals surface area contributed by atoms with Crippen molar-refractivity contribution in [2.75, 3.05) is 6.54 Å². The van der Waals surface area contributed by atoms with Gasteiger partial charge in [-0.3, -0.25) is 4.79 Å². The molecule has 194 valence electrons. The van der Waals surface area contributed by atoms with E-state index in [0.717, 1.165) is 36.5 Å². The SMILES string of the molecule is CC(C)(C)OC(=O)c1ccc(C(=O)NC(CN)C2CCCn3cc(-c4ccc(C(=O)O)cc4)nc32)cc1. The van der Waals surface area contributed by atoms with E-state index >= 15 is 0 Å². The van der Waals surface area contributed by atoms with Gasteiger partial charge in [-0.15, -0.1) is 0 Å². The minimum absolute atomic E-state index is 0.0734. The van der Waals surface area contributed by atoms with Gasteiger partial charge >= 0.3 is 11.9 Å². The van der Waals surface area contributed by atoms with Gasteiger partial charge in [0.2, 0.25) is 0 Å². The Morgan fingerprint density at radius 3 is 2.30 bits per heavy atom. The van der Waals surface area contributed by atoms with Crippen molar-refractivity contribution in [1.82, 2.24) is 14.9 Å². The third-order valence-corrected chi connectivity index (χ3v) is 6.32. The van der Waals surface area contributed by atoms with Crippen LogP contribution in [-0.2, 0) is 11.3 Å². The zero-order valence-corrected chi connectivity index (χ0v) is 21.2. The topological polar surface area (TPSA) is 137 Å². The molecule has 0 saturated heterocycles. The Balaban J connectivity index is 1.49. The number of carbonyl (C=O) groups excluding carboxylic acids is 2. The molecule has 37 heavy (non-hydrogen) atoms. The maximum absolute atomic E-state index is 13.0. The van der Waals surface area contributed by atoms with E-state index in [1.807, 2.05) is 6.20 Å². The Hall–Kier alpha value is -3.98. The van der Waals surface area contributed by atoms with E-state index < -0.39 is 17.5 Å². The van der Waals surface area contributed by atoms with Crippen LogP contribution in [0.2, 0.25) is 0 Å². The van der Waals surface area contributed by atoms with Crippen LogP contribution in [0, 0.1) is 0 Å². The Bertz CT molecular complexity index is 1290. The number of aromatic carboxylic acids is 1. The normalized spacial score (nSPS) is 15.9. The van der Waals surface area contributed by atoms with Crippen LogP contribution in [0.15, 0.2) is 54.7 Å². The van der Waals surface area contributed by atoms with E-state index in [2.05, 4.69) is 9.88 Å². The second-order valence-electron chi connectivity index (χ2n) is 10.2. The lowest BCUT2D eigenvalue weighted by atomic mass is 9.90. The molecule has 1 aliphatic rings. The van der Waals surface area contributed by atoms with Crippen molar-refractivity contribution in [3.05, 3.63) is 77.2 Å². The third-order valence-electron chi connectivity index (χ3n) is 6.32. The molecule has 1 amide bonds. The predicted molar refractivity (Wildman–Crippen MR) is 139 cm³/mol. The first-order chi connectivity index (χ1) is 17.6.